The molecule has 0 fully saturated rings. The summed E-state index contributed by atoms with van der Waals surface area (Å²) in [5.74, 6) is -0.161. The van der Waals surface area contributed by atoms with Crippen LogP contribution in [0.2, 0.25) is 5.02 Å². The fraction of sp³-hybridized carbons (Fsp3) is 0.188. The maximum Gasteiger partial charge on any atom is 0.258 e. The van der Waals surface area contributed by atoms with Gasteiger partial charge < -0.3 is 11.1 Å². The number of amides is 1. The molecule has 0 saturated heterocycles. The molecule has 0 radical (unpaired) electrons. The average Bonchev–Trinajstić information content (AvgIpc) is 3.04. The number of fused-ring (bicyclic) bond motifs is 1. The van der Waals surface area contributed by atoms with Gasteiger partial charge in [0.15, 0.2) is 0 Å². The molecule has 8 nitrogen and oxygen atoms in total. The highest BCUT2D eigenvalue weighted by atomic mass is 35.5. The van der Waals surface area contributed by atoms with Gasteiger partial charge in [-0.1, -0.05) is 24.6 Å². The number of carbonyl (C=O) groups excluding carboxylic acids is 1. The first-order chi connectivity index (χ1) is 12.8. The molecule has 142 valence electrons. The minimum absolute atomic E-state index is 0.0259. The minimum Gasteiger partial charge on any atom is -0.382 e. The maximum atomic E-state index is 12.6. The molecule has 3 aromatic rings. The third kappa shape index (κ3) is 4.12. The predicted octanol–water partition coefficient (Wildman–Crippen LogP) is 3.33. The van der Waals surface area contributed by atoms with E-state index in [0.29, 0.717) is 28.0 Å². The molecule has 27 heavy (non-hydrogen) atoms. The summed E-state index contributed by atoms with van der Waals surface area (Å²) < 4.78 is 27.0. The Hall–Kier alpha value is -2.43. The zero-order chi connectivity index (χ0) is 19.6. The predicted molar refractivity (Wildman–Crippen MR) is 109 cm³/mol. The normalized spacial score (nSPS) is 11.5. The van der Waals surface area contributed by atoms with Crippen LogP contribution in [-0.4, -0.2) is 30.0 Å². The van der Waals surface area contributed by atoms with Crippen LogP contribution in [0.25, 0.3) is 10.2 Å². The molecule has 0 spiro atoms. The van der Waals surface area contributed by atoms with Gasteiger partial charge in [-0.15, -0.1) is 11.3 Å². The molecule has 1 amide bonds. The topological polar surface area (TPSA) is 127 Å². The van der Waals surface area contributed by atoms with Gasteiger partial charge in [0.2, 0.25) is 10.0 Å². The molecule has 0 aliphatic rings. The molecule has 0 aliphatic carbocycles. The number of benzene rings is 1. The third-order valence-electron chi connectivity index (χ3n) is 3.61. The van der Waals surface area contributed by atoms with Crippen LogP contribution in [0.3, 0.4) is 0 Å². The molecular weight excluding hydrogens is 410 g/mol. The second kappa shape index (κ2) is 7.67. The van der Waals surface area contributed by atoms with Gasteiger partial charge in [-0.25, -0.2) is 18.4 Å². The molecule has 0 saturated carbocycles. The van der Waals surface area contributed by atoms with Crippen molar-refractivity contribution >= 4 is 66.3 Å². The molecular formula is C16H16ClN5O3S2. The van der Waals surface area contributed by atoms with E-state index in [4.69, 9.17) is 17.3 Å². The van der Waals surface area contributed by atoms with Crippen LogP contribution in [0.1, 0.15) is 23.7 Å². The Kier molecular flexibility index (Phi) is 5.49. The van der Waals surface area contributed by atoms with Crippen molar-refractivity contribution in [1.82, 2.24) is 9.97 Å². The number of anilines is 3. The van der Waals surface area contributed by atoms with Crippen LogP contribution < -0.4 is 15.8 Å². The Bertz CT molecular complexity index is 1110. The van der Waals surface area contributed by atoms with Crippen molar-refractivity contribution in [3.8, 4) is 0 Å². The molecule has 1 aromatic carbocycles. The lowest BCUT2D eigenvalue weighted by Gasteiger charge is -2.12. The number of aromatic nitrogens is 2. The summed E-state index contributed by atoms with van der Waals surface area (Å²) >= 11 is 7.54. The number of thiophene rings is 1. The molecule has 11 heteroatoms. The van der Waals surface area contributed by atoms with Gasteiger partial charge >= 0.3 is 0 Å². The summed E-state index contributed by atoms with van der Waals surface area (Å²) in [5.41, 5.74) is 7.04. The molecule has 0 bridgehead atoms. The molecule has 2 heterocycles. The highest BCUT2D eigenvalue weighted by molar-refractivity contribution is 7.92. The quantitative estimate of drug-likeness (QED) is 0.555. The van der Waals surface area contributed by atoms with Gasteiger partial charge in [0.25, 0.3) is 5.91 Å². The van der Waals surface area contributed by atoms with E-state index in [1.165, 1.54) is 23.7 Å². The summed E-state index contributed by atoms with van der Waals surface area (Å²) in [4.78, 5) is 20.7. The van der Waals surface area contributed by atoms with E-state index in [1.807, 2.05) is 0 Å². The number of carbonyl (C=O) groups is 1. The van der Waals surface area contributed by atoms with Crippen molar-refractivity contribution in [2.24, 2.45) is 0 Å². The molecule has 0 aliphatic heterocycles. The smallest absolute Gasteiger partial charge is 0.258 e. The lowest BCUT2D eigenvalue weighted by molar-refractivity contribution is 0.102. The zero-order valence-corrected chi connectivity index (χ0v) is 16.6. The van der Waals surface area contributed by atoms with Gasteiger partial charge in [-0.05, 0) is 18.6 Å². The highest BCUT2D eigenvalue weighted by Crippen LogP contribution is 2.32. The summed E-state index contributed by atoms with van der Waals surface area (Å²) in [6, 6.07) is 4.70. The van der Waals surface area contributed by atoms with Crippen LogP contribution in [0.5, 0.6) is 0 Å². The number of nitrogen functional groups attached to an aromatic ring is 1. The molecule has 2 aromatic heterocycles. The lowest BCUT2D eigenvalue weighted by atomic mass is 10.2. The summed E-state index contributed by atoms with van der Waals surface area (Å²) in [7, 11) is -3.51. The summed E-state index contributed by atoms with van der Waals surface area (Å²) in [6.07, 6.45) is 1.76. The Morgan fingerprint density at radius 2 is 2.04 bits per heavy atom. The van der Waals surface area contributed by atoms with Crippen molar-refractivity contribution in [2.45, 2.75) is 13.3 Å². The van der Waals surface area contributed by atoms with Crippen molar-refractivity contribution in [1.29, 1.82) is 0 Å². The Balaban J connectivity index is 1.88. The van der Waals surface area contributed by atoms with E-state index >= 15 is 0 Å². The third-order valence-corrected chi connectivity index (χ3v) is 6.49. The molecule has 3 rings (SSSR count). The molecule has 0 unspecified atom stereocenters. The van der Waals surface area contributed by atoms with Crippen LogP contribution in [0, 0.1) is 0 Å². The minimum atomic E-state index is -3.51. The Morgan fingerprint density at radius 1 is 1.30 bits per heavy atom. The molecule has 0 atom stereocenters. The number of halogens is 1. The van der Waals surface area contributed by atoms with E-state index in [9.17, 15) is 13.2 Å². The van der Waals surface area contributed by atoms with Crippen molar-refractivity contribution in [3.63, 3.8) is 0 Å². The van der Waals surface area contributed by atoms with Crippen molar-refractivity contribution in [2.75, 3.05) is 21.5 Å². The van der Waals surface area contributed by atoms with E-state index < -0.39 is 15.9 Å². The van der Waals surface area contributed by atoms with E-state index in [1.54, 1.807) is 24.4 Å². The first-order valence-electron chi connectivity index (χ1n) is 7.90. The van der Waals surface area contributed by atoms with Crippen LogP contribution in [-0.2, 0) is 10.0 Å². The first kappa shape index (κ1) is 19.3. The van der Waals surface area contributed by atoms with Crippen LogP contribution in [0.15, 0.2) is 29.9 Å². The number of rotatable bonds is 6. The van der Waals surface area contributed by atoms with Crippen molar-refractivity contribution < 1.29 is 13.2 Å². The largest absolute Gasteiger partial charge is 0.382 e. The average molecular weight is 426 g/mol. The van der Waals surface area contributed by atoms with Gasteiger partial charge in [0, 0.05) is 5.38 Å². The Morgan fingerprint density at radius 3 is 2.78 bits per heavy atom. The lowest BCUT2D eigenvalue weighted by Crippen LogP contribution is -2.17. The van der Waals surface area contributed by atoms with Crippen LogP contribution >= 0.6 is 22.9 Å². The number of hydrogen-bond acceptors (Lipinski definition) is 7. The monoisotopic (exact) mass is 425 g/mol. The second-order valence-electron chi connectivity index (χ2n) is 5.63. The van der Waals surface area contributed by atoms with E-state index in [2.05, 4.69) is 20.0 Å². The van der Waals surface area contributed by atoms with Crippen LogP contribution in [0.4, 0.5) is 17.2 Å². The highest BCUT2D eigenvalue weighted by Gasteiger charge is 2.18. The SMILES string of the molecule is CCCS(=O)(=O)Nc1cccc(NC(=O)c2csc3c(N)ncnc23)c1Cl. The van der Waals surface area contributed by atoms with Gasteiger partial charge in [0.1, 0.15) is 12.1 Å². The van der Waals surface area contributed by atoms with Crippen molar-refractivity contribution in [3.05, 3.63) is 40.5 Å². The fourth-order valence-corrected chi connectivity index (χ4v) is 4.74. The number of sulfonamides is 1. The Labute approximate surface area is 164 Å². The van der Waals surface area contributed by atoms with Gasteiger partial charge in [-0.3, -0.25) is 9.52 Å². The fourth-order valence-electron chi connectivity index (χ4n) is 2.41. The summed E-state index contributed by atoms with van der Waals surface area (Å²) in [5, 5.41) is 4.41. The molecule has 4 N–H and O–H groups in total. The van der Waals surface area contributed by atoms with Gasteiger partial charge in [0.05, 0.1) is 37.9 Å². The standard InChI is InChI=1S/C16H16ClN5O3S2/c1-2-6-27(24,25)22-11-5-3-4-10(12(11)17)21-16(23)9-7-26-14-13(9)19-8-20-15(14)18/h3-5,7-8,22H,2,6H2,1H3,(H,21,23)(H2,18,19,20). The number of nitrogens with zero attached hydrogens (tertiary/aromatic N) is 2. The second-order valence-corrected chi connectivity index (χ2v) is 8.73. The number of hydrogen-bond donors (Lipinski definition) is 3. The van der Waals surface area contributed by atoms with E-state index in [-0.39, 0.29) is 22.2 Å². The number of nitrogens with two attached hydrogens (primary N) is 1. The van der Waals surface area contributed by atoms with Gasteiger partial charge in [-0.2, -0.15) is 0 Å². The van der Waals surface area contributed by atoms with E-state index in [0.717, 1.165) is 0 Å². The first-order valence-corrected chi connectivity index (χ1v) is 10.8. The maximum absolute atomic E-state index is 12.6. The zero-order valence-electron chi connectivity index (χ0n) is 14.2. The number of nitrogens with one attached hydrogen (secondary N) is 2. The summed E-state index contributed by atoms with van der Waals surface area (Å²) in [6.45, 7) is 1.76.